The van der Waals surface area contributed by atoms with Gasteiger partial charge in [0.15, 0.2) is 0 Å². The number of hydrogen-bond acceptors (Lipinski definition) is 3. The lowest BCUT2D eigenvalue weighted by Crippen LogP contribution is -2.11. The molecule has 0 amide bonds. The average molecular weight is 302 g/mol. The molecular formula is C13H9F3O3S. The van der Waals surface area contributed by atoms with Gasteiger partial charge in [-0.1, -0.05) is 24.3 Å². The van der Waals surface area contributed by atoms with E-state index in [0.29, 0.717) is 6.07 Å². The second-order valence-corrected chi connectivity index (χ2v) is 5.42. The van der Waals surface area contributed by atoms with Crippen LogP contribution in [-0.4, -0.2) is 8.42 Å². The summed E-state index contributed by atoms with van der Waals surface area (Å²) in [5.41, 5.74) is -0.974. The predicted molar refractivity (Wildman–Crippen MR) is 65.7 cm³/mol. The number of rotatable bonds is 3. The summed E-state index contributed by atoms with van der Waals surface area (Å²) in [6, 6.07) is 10.9. The summed E-state index contributed by atoms with van der Waals surface area (Å²) >= 11 is 0. The van der Waals surface area contributed by atoms with E-state index in [9.17, 15) is 21.6 Å². The monoisotopic (exact) mass is 302 g/mol. The average Bonchev–Trinajstić information content (AvgIpc) is 2.38. The lowest BCUT2D eigenvalue weighted by atomic mass is 10.2. The van der Waals surface area contributed by atoms with E-state index in [2.05, 4.69) is 0 Å². The van der Waals surface area contributed by atoms with Crippen LogP contribution in [0.3, 0.4) is 0 Å². The van der Waals surface area contributed by atoms with Crippen LogP contribution in [0, 0.1) is 0 Å². The second-order valence-electron chi connectivity index (χ2n) is 3.88. The first-order chi connectivity index (χ1) is 9.29. The molecule has 0 aliphatic rings. The van der Waals surface area contributed by atoms with E-state index < -0.39 is 21.9 Å². The van der Waals surface area contributed by atoms with Crippen LogP contribution in [0.1, 0.15) is 5.56 Å². The SMILES string of the molecule is O=S(=O)(Oc1cccc(C(F)(F)F)c1)c1ccccc1. The number of benzene rings is 2. The second kappa shape index (κ2) is 5.16. The van der Waals surface area contributed by atoms with Crippen molar-refractivity contribution in [2.75, 3.05) is 0 Å². The van der Waals surface area contributed by atoms with Gasteiger partial charge in [-0.25, -0.2) is 0 Å². The largest absolute Gasteiger partial charge is 0.416 e. The Bertz CT molecular complexity index is 694. The molecule has 0 radical (unpaired) electrons. The highest BCUT2D eigenvalue weighted by Gasteiger charge is 2.31. The molecule has 0 fully saturated rings. The summed E-state index contributed by atoms with van der Waals surface area (Å²) in [6.45, 7) is 0. The fraction of sp³-hybridized carbons (Fsp3) is 0.0769. The van der Waals surface area contributed by atoms with Crippen LogP contribution in [0.15, 0.2) is 59.5 Å². The van der Waals surface area contributed by atoms with Gasteiger partial charge in [-0.3, -0.25) is 0 Å². The first-order valence-electron chi connectivity index (χ1n) is 5.46. The molecule has 0 spiro atoms. The summed E-state index contributed by atoms with van der Waals surface area (Å²) in [7, 11) is -4.14. The zero-order chi connectivity index (χ0) is 14.8. The van der Waals surface area contributed by atoms with Crippen LogP contribution < -0.4 is 4.18 Å². The van der Waals surface area contributed by atoms with Crippen molar-refractivity contribution in [3.63, 3.8) is 0 Å². The highest BCUT2D eigenvalue weighted by molar-refractivity contribution is 7.87. The van der Waals surface area contributed by atoms with Crippen LogP contribution in [0.5, 0.6) is 5.75 Å². The van der Waals surface area contributed by atoms with Crippen molar-refractivity contribution >= 4 is 10.1 Å². The Morgan fingerprint density at radius 2 is 1.55 bits per heavy atom. The molecule has 2 rings (SSSR count). The van der Waals surface area contributed by atoms with Crippen LogP contribution in [0.25, 0.3) is 0 Å². The van der Waals surface area contributed by atoms with Gasteiger partial charge in [0.25, 0.3) is 0 Å². The third-order valence-electron chi connectivity index (χ3n) is 2.40. The maximum atomic E-state index is 12.5. The molecule has 0 saturated carbocycles. The molecule has 0 aromatic heterocycles. The molecule has 2 aromatic carbocycles. The van der Waals surface area contributed by atoms with E-state index in [4.69, 9.17) is 4.18 Å². The van der Waals surface area contributed by atoms with Gasteiger partial charge in [-0.2, -0.15) is 21.6 Å². The van der Waals surface area contributed by atoms with E-state index >= 15 is 0 Å². The molecule has 0 atom stereocenters. The molecule has 0 heterocycles. The molecule has 3 nitrogen and oxygen atoms in total. The van der Waals surface area contributed by atoms with Gasteiger partial charge in [-0.05, 0) is 30.3 Å². The van der Waals surface area contributed by atoms with Crippen molar-refractivity contribution in [3.8, 4) is 5.75 Å². The van der Waals surface area contributed by atoms with Crippen LogP contribution >= 0.6 is 0 Å². The van der Waals surface area contributed by atoms with E-state index in [1.807, 2.05) is 0 Å². The third kappa shape index (κ3) is 3.30. The van der Waals surface area contributed by atoms with Gasteiger partial charge in [-0.15, -0.1) is 0 Å². The molecule has 106 valence electrons. The Hall–Kier alpha value is -2.02. The highest BCUT2D eigenvalue weighted by atomic mass is 32.2. The summed E-state index contributed by atoms with van der Waals surface area (Å²) < 4.78 is 66.0. The summed E-state index contributed by atoms with van der Waals surface area (Å²) in [4.78, 5) is -0.127. The fourth-order valence-electron chi connectivity index (χ4n) is 1.49. The van der Waals surface area contributed by atoms with Gasteiger partial charge >= 0.3 is 16.3 Å². The van der Waals surface area contributed by atoms with Gasteiger partial charge < -0.3 is 4.18 Å². The Kier molecular flexibility index (Phi) is 3.71. The van der Waals surface area contributed by atoms with Crippen molar-refractivity contribution in [1.29, 1.82) is 0 Å². The molecule has 20 heavy (non-hydrogen) atoms. The molecule has 0 unspecified atom stereocenters. The normalized spacial score (nSPS) is 12.2. The minimum absolute atomic E-state index is 0.127. The molecule has 7 heteroatoms. The van der Waals surface area contributed by atoms with Crippen molar-refractivity contribution < 1.29 is 25.8 Å². The lowest BCUT2D eigenvalue weighted by Gasteiger charge is -2.10. The quantitative estimate of drug-likeness (QED) is 0.815. The summed E-state index contributed by atoms with van der Waals surface area (Å²) in [5.74, 6) is -0.385. The zero-order valence-corrected chi connectivity index (χ0v) is 10.8. The minimum Gasteiger partial charge on any atom is -0.379 e. The van der Waals surface area contributed by atoms with Crippen molar-refractivity contribution in [1.82, 2.24) is 0 Å². The number of hydrogen-bond donors (Lipinski definition) is 0. The molecule has 0 bridgehead atoms. The standard InChI is InChI=1S/C13H9F3O3S/c14-13(15,16)10-5-4-6-11(9-10)19-20(17,18)12-7-2-1-3-8-12/h1-9H. The van der Waals surface area contributed by atoms with Crippen molar-refractivity contribution in [2.45, 2.75) is 11.1 Å². The molecule has 0 saturated heterocycles. The highest BCUT2D eigenvalue weighted by Crippen LogP contribution is 2.32. The van der Waals surface area contributed by atoms with E-state index in [-0.39, 0.29) is 10.6 Å². The third-order valence-corrected chi connectivity index (χ3v) is 3.66. The first-order valence-corrected chi connectivity index (χ1v) is 6.87. The Morgan fingerprint density at radius 1 is 0.900 bits per heavy atom. The minimum atomic E-state index is -4.56. The maximum absolute atomic E-state index is 12.5. The Morgan fingerprint density at radius 3 is 2.15 bits per heavy atom. The molecule has 0 aliphatic carbocycles. The van der Waals surface area contributed by atoms with Gasteiger partial charge in [0.2, 0.25) is 0 Å². The number of halogens is 3. The van der Waals surface area contributed by atoms with Gasteiger partial charge in [0, 0.05) is 0 Å². The first kappa shape index (κ1) is 14.4. The summed E-state index contributed by atoms with van der Waals surface area (Å²) in [6.07, 6.45) is -4.56. The van der Waals surface area contributed by atoms with Crippen LogP contribution in [-0.2, 0) is 16.3 Å². The molecule has 0 aliphatic heterocycles. The lowest BCUT2D eigenvalue weighted by molar-refractivity contribution is -0.137. The van der Waals surface area contributed by atoms with E-state index in [1.165, 1.54) is 24.3 Å². The fourth-order valence-corrected chi connectivity index (χ4v) is 2.43. The van der Waals surface area contributed by atoms with E-state index in [1.54, 1.807) is 6.07 Å². The summed E-state index contributed by atoms with van der Waals surface area (Å²) in [5, 5.41) is 0. The van der Waals surface area contributed by atoms with Crippen LogP contribution in [0.4, 0.5) is 13.2 Å². The molecule has 2 aromatic rings. The smallest absolute Gasteiger partial charge is 0.379 e. The van der Waals surface area contributed by atoms with Gasteiger partial charge in [0.05, 0.1) is 5.56 Å². The van der Waals surface area contributed by atoms with Crippen molar-refractivity contribution in [3.05, 3.63) is 60.2 Å². The predicted octanol–water partition coefficient (Wildman–Crippen LogP) is 3.47. The Labute approximate surface area is 113 Å². The molecular weight excluding hydrogens is 293 g/mol. The van der Waals surface area contributed by atoms with E-state index in [0.717, 1.165) is 18.2 Å². The maximum Gasteiger partial charge on any atom is 0.416 e. The van der Waals surface area contributed by atoms with Crippen LogP contribution in [0.2, 0.25) is 0 Å². The van der Waals surface area contributed by atoms with Gasteiger partial charge in [0.1, 0.15) is 10.6 Å². The Balaban J connectivity index is 2.31. The van der Waals surface area contributed by atoms with Crippen molar-refractivity contribution in [2.24, 2.45) is 0 Å². The zero-order valence-electron chi connectivity index (χ0n) is 9.96. The number of alkyl halides is 3. The topological polar surface area (TPSA) is 43.4 Å². The molecule has 0 N–H and O–H groups in total.